The minimum atomic E-state index is -0.546. The fourth-order valence-corrected chi connectivity index (χ4v) is 0.658. The van der Waals surface area contributed by atoms with Crippen LogP contribution in [0.2, 0.25) is 0 Å². The van der Waals surface area contributed by atoms with E-state index in [4.69, 9.17) is 10.3 Å². The third-order valence-corrected chi connectivity index (χ3v) is 1.29. The van der Waals surface area contributed by atoms with E-state index in [1.165, 1.54) is 0 Å². The first kappa shape index (κ1) is 8.73. The quantitative estimate of drug-likeness (QED) is 0.665. The summed E-state index contributed by atoms with van der Waals surface area (Å²) in [6.45, 7) is 3.36. The van der Waals surface area contributed by atoms with Crippen LogP contribution in [0.3, 0.4) is 0 Å². The zero-order chi connectivity index (χ0) is 9.14. The van der Waals surface area contributed by atoms with Crippen molar-refractivity contribution in [1.82, 2.24) is 5.16 Å². The zero-order valence-electron chi connectivity index (χ0n) is 7.00. The monoisotopic (exact) mass is 169 g/mol. The molecule has 0 aliphatic carbocycles. The molecule has 1 atom stereocenters. The van der Waals surface area contributed by atoms with Crippen LogP contribution in [0.5, 0.6) is 0 Å². The van der Waals surface area contributed by atoms with Crippen molar-refractivity contribution in [3.05, 3.63) is 11.8 Å². The molecule has 0 saturated carbocycles. The standard InChI is InChI=1S/C7H11N3O2/c1-4-3-6(12-10-4)9-7(11)5(2)8/h3,5H,8H2,1-2H3,(H,9,11)/t5-/m1/s1. The predicted octanol–water partition coefficient (Wildman–Crippen LogP) is 0.269. The highest BCUT2D eigenvalue weighted by atomic mass is 16.5. The number of aryl methyl sites for hydroxylation is 1. The summed E-state index contributed by atoms with van der Waals surface area (Å²) >= 11 is 0. The van der Waals surface area contributed by atoms with E-state index in [9.17, 15) is 4.79 Å². The first-order valence-corrected chi connectivity index (χ1v) is 3.59. The van der Waals surface area contributed by atoms with E-state index < -0.39 is 6.04 Å². The summed E-state index contributed by atoms with van der Waals surface area (Å²) in [7, 11) is 0. The molecule has 0 bridgehead atoms. The van der Waals surface area contributed by atoms with Crippen LogP contribution in [0.25, 0.3) is 0 Å². The van der Waals surface area contributed by atoms with E-state index >= 15 is 0 Å². The molecule has 1 heterocycles. The molecule has 1 rings (SSSR count). The van der Waals surface area contributed by atoms with Gasteiger partial charge in [-0.25, -0.2) is 0 Å². The van der Waals surface area contributed by atoms with Gasteiger partial charge in [0, 0.05) is 6.07 Å². The van der Waals surface area contributed by atoms with E-state index in [0.717, 1.165) is 5.69 Å². The van der Waals surface area contributed by atoms with E-state index in [0.29, 0.717) is 5.88 Å². The number of nitrogens with two attached hydrogens (primary N) is 1. The molecule has 12 heavy (non-hydrogen) atoms. The second-order valence-corrected chi connectivity index (χ2v) is 2.61. The van der Waals surface area contributed by atoms with Crippen LogP contribution in [0, 0.1) is 6.92 Å². The van der Waals surface area contributed by atoms with Crippen molar-refractivity contribution >= 4 is 11.8 Å². The lowest BCUT2D eigenvalue weighted by atomic mass is 10.3. The van der Waals surface area contributed by atoms with Crippen LogP contribution < -0.4 is 11.1 Å². The molecule has 1 amide bonds. The number of amides is 1. The number of hydrogen-bond acceptors (Lipinski definition) is 4. The molecule has 0 radical (unpaired) electrons. The molecule has 0 saturated heterocycles. The summed E-state index contributed by atoms with van der Waals surface area (Å²) in [5, 5.41) is 6.07. The molecule has 0 unspecified atom stereocenters. The molecule has 0 aliphatic rings. The van der Waals surface area contributed by atoms with Gasteiger partial charge in [-0.2, -0.15) is 0 Å². The van der Waals surface area contributed by atoms with Crippen molar-refractivity contribution < 1.29 is 9.32 Å². The van der Waals surface area contributed by atoms with Gasteiger partial charge in [0.05, 0.1) is 11.7 Å². The maximum absolute atomic E-state index is 11.0. The first-order chi connectivity index (χ1) is 5.59. The summed E-state index contributed by atoms with van der Waals surface area (Å²) in [5.74, 6) is 0.0425. The second-order valence-electron chi connectivity index (χ2n) is 2.61. The molecule has 3 N–H and O–H groups in total. The highest BCUT2D eigenvalue weighted by molar-refractivity contribution is 5.93. The lowest BCUT2D eigenvalue weighted by Crippen LogP contribution is -2.32. The molecule has 1 aromatic heterocycles. The van der Waals surface area contributed by atoms with Gasteiger partial charge in [0.1, 0.15) is 0 Å². The van der Waals surface area contributed by atoms with Crippen molar-refractivity contribution in [3.8, 4) is 0 Å². The number of aromatic nitrogens is 1. The van der Waals surface area contributed by atoms with Crippen LogP contribution in [-0.2, 0) is 4.79 Å². The minimum absolute atomic E-state index is 0.286. The second kappa shape index (κ2) is 3.36. The van der Waals surface area contributed by atoms with Crippen molar-refractivity contribution in [2.24, 2.45) is 5.73 Å². The van der Waals surface area contributed by atoms with Gasteiger partial charge in [-0.15, -0.1) is 0 Å². The fraction of sp³-hybridized carbons (Fsp3) is 0.429. The Morgan fingerprint density at radius 3 is 2.92 bits per heavy atom. The molecule has 5 nitrogen and oxygen atoms in total. The van der Waals surface area contributed by atoms with Gasteiger partial charge in [0.25, 0.3) is 0 Å². The molecular formula is C7H11N3O2. The minimum Gasteiger partial charge on any atom is -0.338 e. The highest BCUT2D eigenvalue weighted by Gasteiger charge is 2.09. The van der Waals surface area contributed by atoms with Crippen LogP contribution in [-0.4, -0.2) is 17.1 Å². The Morgan fingerprint density at radius 2 is 2.50 bits per heavy atom. The predicted molar refractivity (Wildman–Crippen MR) is 43.5 cm³/mol. The number of carbonyl (C=O) groups excluding carboxylic acids is 1. The van der Waals surface area contributed by atoms with E-state index in [2.05, 4.69) is 10.5 Å². The van der Waals surface area contributed by atoms with Crippen LogP contribution >= 0.6 is 0 Å². The van der Waals surface area contributed by atoms with Crippen molar-refractivity contribution in [2.75, 3.05) is 5.32 Å². The lowest BCUT2D eigenvalue weighted by molar-refractivity contribution is -0.117. The van der Waals surface area contributed by atoms with Crippen LogP contribution in [0.4, 0.5) is 5.88 Å². The van der Waals surface area contributed by atoms with Gasteiger partial charge in [0.15, 0.2) is 0 Å². The molecule has 0 aromatic carbocycles. The number of rotatable bonds is 2. The van der Waals surface area contributed by atoms with Crippen molar-refractivity contribution in [2.45, 2.75) is 19.9 Å². The Kier molecular flexibility index (Phi) is 2.44. The SMILES string of the molecule is Cc1cc(NC(=O)[C@@H](C)N)on1. The average Bonchev–Trinajstić information content (AvgIpc) is 2.35. The number of nitrogens with one attached hydrogen (secondary N) is 1. The Morgan fingerprint density at radius 1 is 1.83 bits per heavy atom. The Bertz CT molecular complexity index is 280. The fourth-order valence-electron chi connectivity index (χ4n) is 0.658. The largest absolute Gasteiger partial charge is 0.338 e. The lowest BCUT2D eigenvalue weighted by Gasteiger charge is -2.02. The smallest absolute Gasteiger partial charge is 0.243 e. The average molecular weight is 169 g/mol. The molecule has 0 fully saturated rings. The molecule has 0 spiro atoms. The Labute approximate surface area is 69.9 Å². The summed E-state index contributed by atoms with van der Waals surface area (Å²) in [4.78, 5) is 11.0. The highest BCUT2D eigenvalue weighted by Crippen LogP contribution is 2.07. The molecular weight excluding hydrogens is 158 g/mol. The van der Waals surface area contributed by atoms with E-state index in [1.54, 1.807) is 19.9 Å². The van der Waals surface area contributed by atoms with Gasteiger partial charge < -0.3 is 10.3 Å². The normalized spacial score (nSPS) is 12.6. The number of carbonyl (C=O) groups is 1. The maximum Gasteiger partial charge on any atom is 0.243 e. The van der Waals surface area contributed by atoms with Crippen LogP contribution in [0.1, 0.15) is 12.6 Å². The molecule has 1 aromatic rings. The summed E-state index contributed by atoms with van der Waals surface area (Å²) < 4.78 is 4.75. The summed E-state index contributed by atoms with van der Waals surface area (Å²) in [6.07, 6.45) is 0. The van der Waals surface area contributed by atoms with Gasteiger partial charge in [-0.05, 0) is 13.8 Å². The number of anilines is 1. The van der Waals surface area contributed by atoms with Gasteiger partial charge in [0.2, 0.25) is 11.8 Å². The van der Waals surface area contributed by atoms with Gasteiger partial charge in [-0.1, -0.05) is 5.16 Å². The van der Waals surface area contributed by atoms with Crippen molar-refractivity contribution in [1.29, 1.82) is 0 Å². The van der Waals surface area contributed by atoms with Crippen molar-refractivity contribution in [3.63, 3.8) is 0 Å². The number of hydrogen-bond donors (Lipinski definition) is 2. The Hall–Kier alpha value is -1.36. The maximum atomic E-state index is 11.0. The molecule has 5 heteroatoms. The molecule has 0 aliphatic heterocycles. The first-order valence-electron chi connectivity index (χ1n) is 3.59. The third kappa shape index (κ3) is 2.06. The number of nitrogens with zero attached hydrogens (tertiary/aromatic N) is 1. The summed E-state index contributed by atoms with van der Waals surface area (Å²) in [6, 6.07) is 1.08. The molecule has 66 valence electrons. The Balaban J connectivity index is 2.58. The van der Waals surface area contributed by atoms with E-state index in [-0.39, 0.29) is 5.91 Å². The third-order valence-electron chi connectivity index (χ3n) is 1.29. The van der Waals surface area contributed by atoms with E-state index in [1.807, 2.05) is 0 Å². The van der Waals surface area contributed by atoms with Gasteiger partial charge in [-0.3, -0.25) is 10.1 Å². The van der Waals surface area contributed by atoms with Crippen LogP contribution in [0.15, 0.2) is 10.6 Å². The zero-order valence-corrected chi connectivity index (χ0v) is 7.00. The topological polar surface area (TPSA) is 81.2 Å². The van der Waals surface area contributed by atoms with Gasteiger partial charge >= 0.3 is 0 Å². The summed E-state index contributed by atoms with van der Waals surface area (Å²) in [5.41, 5.74) is 6.03.